The maximum atomic E-state index is 5.97. The Balaban J connectivity index is 2.62. The fourth-order valence-electron chi connectivity index (χ4n) is 1.61. The van der Waals surface area contributed by atoms with Crippen LogP contribution in [-0.2, 0) is 0 Å². The third kappa shape index (κ3) is 4.54. The first-order chi connectivity index (χ1) is 7.13. The van der Waals surface area contributed by atoms with Gasteiger partial charge in [0, 0.05) is 10.9 Å². The maximum Gasteiger partial charge on any atom is 0.0931 e. The van der Waals surface area contributed by atoms with Crippen molar-refractivity contribution in [3.8, 4) is 0 Å². The van der Waals surface area contributed by atoms with Gasteiger partial charge < -0.3 is 5.32 Å². The van der Waals surface area contributed by atoms with Gasteiger partial charge in [0.15, 0.2) is 0 Å². The van der Waals surface area contributed by atoms with Gasteiger partial charge in [-0.2, -0.15) is 0 Å². The quantitative estimate of drug-likeness (QED) is 0.779. The van der Waals surface area contributed by atoms with E-state index < -0.39 is 0 Å². The Morgan fingerprint density at radius 2 is 2.13 bits per heavy atom. The van der Waals surface area contributed by atoms with Gasteiger partial charge in [-0.25, -0.2) is 0 Å². The summed E-state index contributed by atoms with van der Waals surface area (Å²) in [5, 5.41) is 3.58. The maximum absolute atomic E-state index is 5.97. The van der Waals surface area contributed by atoms with E-state index in [1.807, 2.05) is 6.07 Å². The Hall–Kier alpha value is -0.0500. The normalized spacial score (nSPS) is 13.4. The average Bonchev–Trinajstić information content (AvgIpc) is 2.58. The zero-order valence-electron chi connectivity index (χ0n) is 9.72. The van der Waals surface area contributed by atoms with E-state index in [0.29, 0.717) is 12.0 Å². The molecule has 1 aromatic heterocycles. The molecule has 0 aromatic carbocycles. The van der Waals surface area contributed by atoms with Gasteiger partial charge in [0.05, 0.1) is 4.34 Å². The largest absolute Gasteiger partial charge is 0.309 e. The predicted octanol–water partition coefficient (Wildman–Crippen LogP) is 4.49. The van der Waals surface area contributed by atoms with Crippen molar-refractivity contribution in [3.63, 3.8) is 0 Å². The Kier molecular flexibility index (Phi) is 5.65. The van der Waals surface area contributed by atoms with E-state index in [1.165, 1.54) is 17.7 Å². The molecule has 1 unspecified atom stereocenters. The van der Waals surface area contributed by atoms with Gasteiger partial charge in [0.25, 0.3) is 0 Å². The number of hydrogen-bond acceptors (Lipinski definition) is 2. The van der Waals surface area contributed by atoms with Gasteiger partial charge in [-0.3, -0.25) is 0 Å². The van der Waals surface area contributed by atoms with Gasteiger partial charge in [0.1, 0.15) is 0 Å². The summed E-state index contributed by atoms with van der Waals surface area (Å²) in [6.45, 7) is 7.79. The molecule has 3 heteroatoms. The molecule has 86 valence electrons. The van der Waals surface area contributed by atoms with Crippen LogP contribution in [0.15, 0.2) is 12.1 Å². The molecule has 15 heavy (non-hydrogen) atoms. The number of hydrogen-bond donors (Lipinski definition) is 1. The number of halogens is 1. The minimum Gasteiger partial charge on any atom is -0.309 e. The highest BCUT2D eigenvalue weighted by atomic mass is 35.5. The van der Waals surface area contributed by atoms with E-state index in [0.717, 1.165) is 10.9 Å². The van der Waals surface area contributed by atoms with E-state index in [9.17, 15) is 0 Å². The fraction of sp³-hybridized carbons (Fsp3) is 0.667. The van der Waals surface area contributed by atoms with Crippen molar-refractivity contribution < 1.29 is 0 Å². The SMILES string of the molecule is CCCNC(CC(C)C)c1ccc(Cl)s1. The zero-order valence-corrected chi connectivity index (χ0v) is 11.3. The summed E-state index contributed by atoms with van der Waals surface area (Å²) in [5.74, 6) is 0.709. The van der Waals surface area contributed by atoms with Crippen LogP contribution in [0.3, 0.4) is 0 Å². The fourth-order valence-corrected chi connectivity index (χ4v) is 2.76. The van der Waals surface area contributed by atoms with Crippen molar-refractivity contribution >= 4 is 22.9 Å². The van der Waals surface area contributed by atoms with E-state index >= 15 is 0 Å². The Morgan fingerprint density at radius 1 is 1.40 bits per heavy atom. The van der Waals surface area contributed by atoms with Crippen LogP contribution in [0.2, 0.25) is 4.34 Å². The molecule has 0 saturated carbocycles. The Bertz CT molecular complexity index is 283. The van der Waals surface area contributed by atoms with Crippen LogP contribution in [0.5, 0.6) is 0 Å². The molecule has 1 nitrogen and oxygen atoms in total. The molecule has 1 N–H and O–H groups in total. The summed E-state index contributed by atoms with van der Waals surface area (Å²) in [7, 11) is 0. The van der Waals surface area contributed by atoms with Crippen LogP contribution >= 0.6 is 22.9 Å². The first-order valence-electron chi connectivity index (χ1n) is 5.62. The standard InChI is InChI=1S/C12H20ClNS/c1-4-7-14-10(8-9(2)3)11-5-6-12(13)15-11/h5-6,9-10,14H,4,7-8H2,1-3H3. The smallest absolute Gasteiger partial charge is 0.0931 e. The van der Waals surface area contributed by atoms with Crippen molar-refractivity contribution in [1.82, 2.24) is 5.32 Å². The van der Waals surface area contributed by atoms with Gasteiger partial charge >= 0.3 is 0 Å². The molecule has 1 atom stereocenters. The van der Waals surface area contributed by atoms with Gasteiger partial charge in [0.2, 0.25) is 0 Å². The summed E-state index contributed by atoms with van der Waals surface area (Å²) in [6, 6.07) is 4.60. The average molecular weight is 246 g/mol. The second kappa shape index (κ2) is 6.51. The lowest BCUT2D eigenvalue weighted by atomic mass is 10.0. The monoisotopic (exact) mass is 245 g/mol. The topological polar surface area (TPSA) is 12.0 Å². The van der Waals surface area contributed by atoms with Crippen LogP contribution in [-0.4, -0.2) is 6.54 Å². The summed E-state index contributed by atoms with van der Waals surface area (Å²) in [6.07, 6.45) is 2.35. The Labute approximate surface area is 102 Å². The molecule has 1 heterocycles. The van der Waals surface area contributed by atoms with E-state index in [4.69, 9.17) is 11.6 Å². The third-order valence-electron chi connectivity index (χ3n) is 2.29. The number of rotatable bonds is 6. The molecule has 0 aliphatic carbocycles. The molecule has 1 rings (SSSR count). The molecule has 0 spiro atoms. The molecule has 0 amide bonds. The third-order valence-corrected chi connectivity index (χ3v) is 3.63. The zero-order chi connectivity index (χ0) is 11.3. The lowest BCUT2D eigenvalue weighted by Crippen LogP contribution is -2.22. The molecule has 0 aliphatic heterocycles. The van der Waals surface area contributed by atoms with Crippen LogP contribution in [0.1, 0.15) is 44.5 Å². The highest BCUT2D eigenvalue weighted by molar-refractivity contribution is 7.16. The molecule has 0 aliphatic rings. The lowest BCUT2D eigenvalue weighted by molar-refractivity contribution is 0.435. The lowest BCUT2D eigenvalue weighted by Gasteiger charge is -2.19. The molecular formula is C12H20ClNS. The second-order valence-electron chi connectivity index (χ2n) is 4.28. The van der Waals surface area contributed by atoms with Gasteiger partial charge in [-0.05, 0) is 37.4 Å². The number of thiophene rings is 1. The molecular weight excluding hydrogens is 226 g/mol. The van der Waals surface area contributed by atoms with Crippen molar-refractivity contribution in [2.45, 2.75) is 39.7 Å². The predicted molar refractivity (Wildman–Crippen MR) is 69.8 cm³/mol. The van der Waals surface area contributed by atoms with Crippen LogP contribution in [0.25, 0.3) is 0 Å². The molecule has 0 saturated heterocycles. The molecule has 0 fully saturated rings. The minimum atomic E-state index is 0.474. The van der Waals surface area contributed by atoms with Gasteiger partial charge in [-0.15, -0.1) is 11.3 Å². The first kappa shape index (κ1) is 13.0. The molecule has 0 bridgehead atoms. The summed E-state index contributed by atoms with van der Waals surface area (Å²) < 4.78 is 0.886. The highest BCUT2D eigenvalue weighted by Crippen LogP contribution is 2.30. The van der Waals surface area contributed by atoms with Gasteiger partial charge in [-0.1, -0.05) is 32.4 Å². The van der Waals surface area contributed by atoms with E-state index in [1.54, 1.807) is 11.3 Å². The Morgan fingerprint density at radius 3 is 2.60 bits per heavy atom. The van der Waals surface area contributed by atoms with Crippen molar-refractivity contribution in [2.24, 2.45) is 5.92 Å². The van der Waals surface area contributed by atoms with Crippen molar-refractivity contribution in [3.05, 3.63) is 21.3 Å². The molecule has 0 radical (unpaired) electrons. The van der Waals surface area contributed by atoms with E-state index in [-0.39, 0.29) is 0 Å². The van der Waals surface area contributed by atoms with Crippen molar-refractivity contribution in [2.75, 3.05) is 6.54 Å². The first-order valence-corrected chi connectivity index (χ1v) is 6.81. The summed E-state index contributed by atoms with van der Waals surface area (Å²) >= 11 is 7.66. The van der Waals surface area contributed by atoms with Crippen LogP contribution in [0, 0.1) is 5.92 Å². The van der Waals surface area contributed by atoms with Crippen molar-refractivity contribution in [1.29, 1.82) is 0 Å². The highest BCUT2D eigenvalue weighted by Gasteiger charge is 2.14. The number of nitrogens with one attached hydrogen (secondary N) is 1. The summed E-state index contributed by atoms with van der Waals surface area (Å²) in [4.78, 5) is 1.36. The van der Waals surface area contributed by atoms with E-state index in [2.05, 4.69) is 32.2 Å². The molecule has 1 aromatic rings. The van der Waals surface area contributed by atoms with Crippen LogP contribution in [0.4, 0.5) is 0 Å². The minimum absolute atomic E-state index is 0.474. The van der Waals surface area contributed by atoms with Crippen LogP contribution < -0.4 is 5.32 Å². The summed E-state index contributed by atoms with van der Waals surface area (Å²) in [5.41, 5.74) is 0. The second-order valence-corrected chi connectivity index (χ2v) is 6.02.